The minimum absolute atomic E-state index is 0. The summed E-state index contributed by atoms with van der Waals surface area (Å²) < 4.78 is 67.6. The molecule has 0 spiro atoms. The van der Waals surface area contributed by atoms with Gasteiger partial charge in [0.05, 0.1) is 19.7 Å². The Kier molecular flexibility index (Phi) is 9.48. The summed E-state index contributed by atoms with van der Waals surface area (Å²) in [5.41, 5.74) is -4.71. The van der Waals surface area contributed by atoms with E-state index in [2.05, 4.69) is 0 Å². The first-order valence-corrected chi connectivity index (χ1v) is 12.9. The predicted molar refractivity (Wildman–Crippen MR) is 130 cm³/mol. The molecule has 0 atom stereocenters. The van der Waals surface area contributed by atoms with E-state index in [0.717, 1.165) is 12.1 Å². The molecule has 21 heteroatoms. The zero-order chi connectivity index (χ0) is 30.2. The van der Waals surface area contributed by atoms with Crippen molar-refractivity contribution in [2.45, 2.75) is 9.79 Å². The topological polar surface area (TPSA) is 287 Å². The van der Waals surface area contributed by atoms with Gasteiger partial charge in [0, 0.05) is 22.9 Å². The fourth-order valence-corrected chi connectivity index (χ4v) is 5.46. The maximum Gasteiger partial charge on any atom is 2.00 e. The van der Waals surface area contributed by atoms with Crippen LogP contribution in [0.4, 0.5) is 22.7 Å². The second-order valence-electron chi connectivity index (χ2n) is 7.53. The van der Waals surface area contributed by atoms with E-state index in [1.165, 1.54) is 48.5 Å². The third-order valence-electron chi connectivity index (χ3n) is 5.17. The van der Waals surface area contributed by atoms with Crippen molar-refractivity contribution >= 4 is 64.5 Å². The minimum atomic E-state index is -5.26. The fraction of sp³-hybridized carbons (Fsp3) is 0. The summed E-state index contributed by atoms with van der Waals surface area (Å²) in [6.45, 7) is 0. The number of hydrogen-bond acceptors (Lipinski definition) is 14. The van der Waals surface area contributed by atoms with Gasteiger partial charge in [0.1, 0.15) is 30.0 Å². The standard InChI is InChI=1S/2C10H6N2O7S.Zn/c2*13-11(14)8-5-6-3-1-2-4-7(6)10(20(17,18)19)9(8)12(15)16;/h2*1-5H,(H,17,18,19);/q;;+2/p-2. The van der Waals surface area contributed by atoms with Crippen LogP contribution in [0.15, 0.2) is 70.5 Å². The largest absolute Gasteiger partial charge is 2.00 e. The maximum atomic E-state index is 11.3. The normalized spacial score (nSPS) is 11.2. The van der Waals surface area contributed by atoms with Crippen LogP contribution in [0.3, 0.4) is 0 Å². The Balaban J connectivity index is 0.000000280. The third kappa shape index (κ3) is 6.61. The van der Waals surface area contributed by atoms with Crippen molar-refractivity contribution in [3.63, 3.8) is 0 Å². The van der Waals surface area contributed by atoms with E-state index in [4.69, 9.17) is 0 Å². The van der Waals surface area contributed by atoms with E-state index in [1.54, 1.807) is 0 Å². The van der Waals surface area contributed by atoms with Gasteiger partial charge in [0.25, 0.3) is 0 Å². The van der Waals surface area contributed by atoms with Crippen LogP contribution in [0.1, 0.15) is 0 Å². The fourth-order valence-electron chi connectivity index (χ4n) is 3.72. The third-order valence-corrected chi connectivity index (χ3v) is 7.00. The molecule has 0 heterocycles. The van der Waals surface area contributed by atoms with Crippen molar-refractivity contribution in [2.24, 2.45) is 0 Å². The van der Waals surface area contributed by atoms with Crippen molar-refractivity contribution < 1.29 is 65.1 Å². The van der Waals surface area contributed by atoms with Gasteiger partial charge in [0.15, 0.2) is 0 Å². The smallest absolute Gasteiger partial charge is 0.744 e. The Hall–Kier alpha value is -4.56. The molecule has 18 nitrogen and oxygen atoms in total. The van der Waals surface area contributed by atoms with Crippen molar-refractivity contribution in [3.05, 3.63) is 101 Å². The summed E-state index contributed by atoms with van der Waals surface area (Å²) in [6, 6.07) is 12.4. The molecular weight excluding hydrogens is 650 g/mol. The van der Waals surface area contributed by atoms with Gasteiger partial charge in [-0.15, -0.1) is 0 Å². The van der Waals surface area contributed by atoms with Gasteiger partial charge in [-0.25, -0.2) is 16.8 Å². The number of nitrogens with zero attached hydrogens (tertiary/aromatic N) is 4. The van der Waals surface area contributed by atoms with Crippen molar-refractivity contribution in [3.8, 4) is 0 Å². The Morgan fingerprint density at radius 3 is 1.05 bits per heavy atom. The van der Waals surface area contributed by atoms with Crippen LogP contribution < -0.4 is 0 Å². The zero-order valence-electron chi connectivity index (χ0n) is 19.8. The number of nitro groups is 4. The molecule has 0 N–H and O–H groups in total. The van der Waals surface area contributed by atoms with E-state index in [9.17, 15) is 66.4 Å². The van der Waals surface area contributed by atoms with Gasteiger partial charge in [-0.2, -0.15) is 0 Å². The van der Waals surface area contributed by atoms with Gasteiger partial charge in [-0.1, -0.05) is 48.5 Å². The average Bonchev–Trinajstić information content (AvgIpc) is 2.85. The number of fused-ring (bicyclic) bond motifs is 2. The van der Waals surface area contributed by atoms with Gasteiger partial charge in [-0.05, 0) is 10.8 Å². The van der Waals surface area contributed by atoms with Crippen LogP contribution in [-0.4, -0.2) is 45.6 Å². The van der Waals surface area contributed by atoms with Gasteiger partial charge < -0.3 is 9.11 Å². The zero-order valence-corrected chi connectivity index (χ0v) is 24.4. The molecule has 0 bridgehead atoms. The monoisotopic (exact) mass is 658 g/mol. The minimum Gasteiger partial charge on any atom is -0.744 e. The number of hydrogen-bond donors (Lipinski definition) is 0. The van der Waals surface area contributed by atoms with E-state index in [1.807, 2.05) is 0 Å². The molecule has 208 valence electrons. The van der Waals surface area contributed by atoms with E-state index in [0.29, 0.717) is 0 Å². The Morgan fingerprint density at radius 2 is 0.805 bits per heavy atom. The van der Waals surface area contributed by atoms with Crippen LogP contribution in [0, 0.1) is 40.5 Å². The van der Waals surface area contributed by atoms with Crippen LogP contribution in [0.2, 0.25) is 0 Å². The van der Waals surface area contributed by atoms with Gasteiger partial charge >= 0.3 is 42.2 Å². The summed E-state index contributed by atoms with van der Waals surface area (Å²) in [5.74, 6) is 0. The molecular formula is C20H10N4O14S2Zn. The van der Waals surface area contributed by atoms with Gasteiger partial charge in [0.2, 0.25) is 0 Å². The number of nitro benzene ring substituents is 4. The summed E-state index contributed by atoms with van der Waals surface area (Å²) in [7, 11) is -10.5. The van der Waals surface area contributed by atoms with E-state index in [-0.39, 0.29) is 41.0 Å². The summed E-state index contributed by atoms with van der Waals surface area (Å²) in [4.78, 5) is 36.5. The van der Waals surface area contributed by atoms with E-state index < -0.39 is 72.5 Å². The first-order valence-electron chi connectivity index (χ1n) is 10.1. The van der Waals surface area contributed by atoms with Gasteiger partial charge in [-0.3, -0.25) is 40.5 Å². The first kappa shape index (κ1) is 32.7. The molecule has 0 saturated heterocycles. The number of benzene rings is 4. The summed E-state index contributed by atoms with van der Waals surface area (Å²) in [6.07, 6.45) is 0. The Bertz CT molecular complexity index is 1840. The van der Waals surface area contributed by atoms with Crippen molar-refractivity contribution in [1.82, 2.24) is 0 Å². The molecule has 0 aliphatic heterocycles. The van der Waals surface area contributed by atoms with Crippen molar-refractivity contribution in [2.75, 3.05) is 0 Å². The molecule has 4 aromatic rings. The molecule has 0 aliphatic rings. The molecule has 0 fully saturated rings. The molecule has 0 amide bonds. The SMILES string of the molecule is O=[N+]([O-])c1cc2ccccc2c(S(=O)(=O)[O-])c1[N+](=O)[O-].O=[N+]([O-])c1cc2ccccc2c(S(=O)(=O)[O-])c1[N+](=O)[O-].[Zn+2]. The summed E-state index contributed by atoms with van der Waals surface area (Å²) >= 11 is 0. The molecule has 0 aliphatic carbocycles. The second kappa shape index (κ2) is 11.9. The summed E-state index contributed by atoms with van der Waals surface area (Å²) in [5, 5.41) is 43.2. The predicted octanol–water partition coefficient (Wildman–Crippen LogP) is 3.12. The maximum absolute atomic E-state index is 11.3. The molecule has 0 aromatic heterocycles. The Morgan fingerprint density at radius 1 is 0.512 bits per heavy atom. The van der Waals surface area contributed by atoms with Crippen LogP contribution >= 0.6 is 0 Å². The van der Waals surface area contributed by atoms with Crippen molar-refractivity contribution in [1.29, 1.82) is 0 Å². The Labute approximate surface area is 240 Å². The quantitative estimate of drug-likeness (QED) is 0.124. The molecule has 4 rings (SSSR count). The molecule has 0 unspecified atom stereocenters. The average molecular weight is 660 g/mol. The molecule has 4 aromatic carbocycles. The number of rotatable bonds is 6. The van der Waals surface area contributed by atoms with E-state index >= 15 is 0 Å². The molecule has 41 heavy (non-hydrogen) atoms. The van der Waals surface area contributed by atoms with Crippen LogP contribution in [0.25, 0.3) is 21.5 Å². The first-order chi connectivity index (χ1) is 18.5. The molecule has 0 saturated carbocycles. The van der Waals surface area contributed by atoms with Crippen LogP contribution in [-0.2, 0) is 39.7 Å². The van der Waals surface area contributed by atoms with Crippen LogP contribution in [0.5, 0.6) is 0 Å². The second-order valence-corrected chi connectivity index (χ2v) is 10.2. The molecule has 0 radical (unpaired) electrons.